The van der Waals surface area contributed by atoms with Gasteiger partial charge in [-0.1, -0.05) is 55.8 Å². The molecule has 0 amide bonds. The van der Waals surface area contributed by atoms with E-state index in [1.54, 1.807) is 11.1 Å². The summed E-state index contributed by atoms with van der Waals surface area (Å²) in [5, 5.41) is 0. The van der Waals surface area contributed by atoms with Crippen LogP contribution in [-0.4, -0.2) is 20.8 Å². The summed E-state index contributed by atoms with van der Waals surface area (Å²) in [5.41, 5.74) is 3.59. The van der Waals surface area contributed by atoms with Crippen LogP contribution in [-0.2, 0) is 4.74 Å². The highest BCUT2D eigenvalue weighted by atomic mass is 28.3. The summed E-state index contributed by atoms with van der Waals surface area (Å²) >= 11 is 0. The van der Waals surface area contributed by atoms with Crippen LogP contribution in [0, 0.1) is 17.8 Å². The van der Waals surface area contributed by atoms with Gasteiger partial charge in [-0.05, 0) is 31.7 Å². The largest absolute Gasteiger partial charge is 0.361 e. The summed E-state index contributed by atoms with van der Waals surface area (Å²) < 4.78 is 5.71. The van der Waals surface area contributed by atoms with Crippen molar-refractivity contribution in [3.8, 4) is 12.3 Å². The minimum Gasteiger partial charge on any atom is -0.361 e. The first-order chi connectivity index (χ1) is 9.35. The topological polar surface area (TPSA) is 9.23 Å². The van der Waals surface area contributed by atoms with Crippen molar-refractivity contribution in [2.24, 2.45) is 5.41 Å². The molecule has 1 fully saturated rings. The highest BCUT2D eigenvalue weighted by Crippen LogP contribution is 2.53. The van der Waals surface area contributed by atoms with Gasteiger partial charge < -0.3 is 4.74 Å². The Balaban J connectivity index is 2.11. The molecule has 2 aliphatic rings. The molecule has 0 N–H and O–H groups in total. The molecule has 0 unspecified atom stereocenters. The number of terminal acetylenes is 1. The van der Waals surface area contributed by atoms with Gasteiger partial charge >= 0.3 is 0 Å². The lowest BCUT2D eigenvalue weighted by atomic mass is 9.73. The second-order valence-corrected chi connectivity index (χ2v) is 13.1. The maximum absolute atomic E-state index is 5.71. The third kappa shape index (κ3) is 3.45. The van der Waals surface area contributed by atoms with Gasteiger partial charge in [0, 0.05) is 13.5 Å². The Morgan fingerprint density at radius 2 is 2.20 bits per heavy atom. The Morgan fingerprint density at radius 3 is 2.85 bits per heavy atom. The highest BCUT2D eigenvalue weighted by molar-refractivity contribution is 6.76. The molecular formula is C18H28OSi. The van der Waals surface area contributed by atoms with Crippen molar-refractivity contribution in [1.82, 2.24) is 0 Å². The molecule has 2 aliphatic carbocycles. The molecule has 0 bridgehead atoms. The third-order valence-electron chi connectivity index (χ3n) is 4.74. The zero-order chi connectivity index (χ0) is 14.8. The summed E-state index contributed by atoms with van der Waals surface area (Å²) in [6.07, 6.45) is 15.2. The molecule has 0 aromatic heterocycles. The molecule has 0 spiro atoms. The van der Waals surface area contributed by atoms with Crippen LogP contribution in [0.2, 0.25) is 25.7 Å². The van der Waals surface area contributed by atoms with E-state index in [4.69, 9.17) is 11.2 Å². The molecule has 0 aromatic carbocycles. The minimum absolute atomic E-state index is 0.241. The van der Waals surface area contributed by atoms with Crippen LogP contribution in [0.1, 0.15) is 32.6 Å². The fourth-order valence-corrected chi connectivity index (χ4v) is 4.26. The Bertz CT molecular complexity index is 461. The average molecular weight is 289 g/mol. The lowest BCUT2D eigenvalue weighted by Crippen LogP contribution is -2.27. The van der Waals surface area contributed by atoms with Crippen molar-refractivity contribution < 1.29 is 4.74 Å². The first kappa shape index (κ1) is 15.6. The lowest BCUT2D eigenvalue weighted by molar-refractivity contribution is 0.0907. The van der Waals surface area contributed by atoms with Crippen molar-refractivity contribution in [2.75, 3.05) is 6.61 Å². The number of hydrogen-bond donors (Lipinski definition) is 0. The second kappa shape index (κ2) is 5.91. The molecule has 0 radical (unpaired) electrons. The molecule has 1 nitrogen and oxygen atoms in total. The smallest absolute Gasteiger partial charge is 0.108 e. The molecule has 2 heteroatoms. The zero-order valence-electron chi connectivity index (χ0n) is 13.5. The van der Waals surface area contributed by atoms with Gasteiger partial charge in [0.05, 0.1) is 6.10 Å². The first-order valence-electron chi connectivity index (χ1n) is 7.81. The number of hydrogen-bond acceptors (Lipinski definition) is 1. The summed E-state index contributed by atoms with van der Waals surface area (Å²) in [4.78, 5) is 0. The predicted molar refractivity (Wildman–Crippen MR) is 89.5 cm³/mol. The highest BCUT2D eigenvalue weighted by Gasteiger charge is 2.41. The van der Waals surface area contributed by atoms with E-state index in [1.807, 2.05) is 0 Å². The number of allylic oxidation sites excluding steroid dienone is 3. The molecule has 110 valence electrons. The van der Waals surface area contributed by atoms with Crippen molar-refractivity contribution in [3.63, 3.8) is 0 Å². The second-order valence-electron chi connectivity index (χ2n) is 7.61. The average Bonchev–Trinajstić information content (AvgIpc) is 2.69. The molecule has 0 saturated heterocycles. The van der Waals surface area contributed by atoms with E-state index in [2.05, 4.69) is 44.6 Å². The summed E-state index contributed by atoms with van der Waals surface area (Å²) in [5.74, 6) is 2.57. The fourth-order valence-electron chi connectivity index (χ4n) is 3.40. The molecule has 20 heavy (non-hydrogen) atoms. The van der Waals surface area contributed by atoms with E-state index in [0.717, 1.165) is 6.42 Å². The van der Waals surface area contributed by atoms with Crippen molar-refractivity contribution >= 4 is 8.07 Å². The number of fused-ring (bicyclic) bond motifs is 1. The van der Waals surface area contributed by atoms with Gasteiger partial charge in [-0.15, -0.1) is 6.42 Å². The first-order valence-corrected chi connectivity index (χ1v) is 11.5. The monoisotopic (exact) mass is 288 g/mol. The molecule has 2 rings (SSSR count). The van der Waals surface area contributed by atoms with Crippen LogP contribution in [0.25, 0.3) is 0 Å². The van der Waals surface area contributed by atoms with Crippen LogP contribution in [0.15, 0.2) is 23.3 Å². The predicted octanol–water partition coefficient (Wildman–Crippen LogP) is 4.79. The molecule has 0 aromatic rings. The summed E-state index contributed by atoms with van der Waals surface area (Å²) in [6.45, 7) is 10.2. The maximum atomic E-state index is 5.71. The molecule has 2 atom stereocenters. The fraction of sp³-hybridized carbons (Fsp3) is 0.667. The van der Waals surface area contributed by atoms with Gasteiger partial charge in [0.1, 0.15) is 6.61 Å². The van der Waals surface area contributed by atoms with Gasteiger partial charge in [0.2, 0.25) is 0 Å². The molecule has 0 heterocycles. The van der Waals surface area contributed by atoms with E-state index in [0.29, 0.717) is 12.0 Å². The standard InChI is InChI=1S/C18H28OSi/c1-6-12-19-17-9-11-18(2)15(7-8-16(18)14-17)10-13-20(3,4)5/h1,10,14,17H,7-9,11-13H2,2-5H3/b15-10+/t17-,18-/m0/s1. The quantitative estimate of drug-likeness (QED) is 0.410. The van der Waals surface area contributed by atoms with Crippen LogP contribution in [0.3, 0.4) is 0 Å². The van der Waals surface area contributed by atoms with Crippen LogP contribution in [0.5, 0.6) is 0 Å². The van der Waals surface area contributed by atoms with Crippen molar-refractivity contribution in [1.29, 1.82) is 0 Å². The maximum Gasteiger partial charge on any atom is 0.108 e. The number of ether oxygens (including phenoxy) is 1. The van der Waals surface area contributed by atoms with E-state index in [-0.39, 0.29) is 6.10 Å². The molecule has 1 saturated carbocycles. The Morgan fingerprint density at radius 1 is 1.45 bits per heavy atom. The van der Waals surface area contributed by atoms with Gasteiger partial charge in [-0.3, -0.25) is 0 Å². The lowest BCUT2D eigenvalue weighted by Gasteiger charge is -2.35. The van der Waals surface area contributed by atoms with Gasteiger partial charge in [-0.2, -0.15) is 0 Å². The van der Waals surface area contributed by atoms with Crippen LogP contribution in [0.4, 0.5) is 0 Å². The number of rotatable bonds is 4. The summed E-state index contributed by atoms with van der Waals surface area (Å²) in [7, 11) is -0.988. The van der Waals surface area contributed by atoms with Crippen molar-refractivity contribution in [3.05, 3.63) is 23.3 Å². The minimum atomic E-state index is -0.988. The molecule has 0 aliphatic heterocycles. The SMILES string of the molecule is C#CCO[C@@H]1C=C2CC/C(=C\C[Si](C)(C)C)[C@]2(C)CC1. The van der Waals surface area contributed by atoms with Crippen molar-refractivity contribution in [2.45, 2.75) is 64.4 Å². The Kier molecular flexibility index (Phi) is 4.61. The van der Waals surface area contributed by atoms with Crippen LogP contribution < -0.4 is 0 Å². The normalized spacial score (nSPS) is 31.9. The van der Waals surface area contributed by atoms with E-state index >= 15 is 0 Å². The Hall–Kier alpha value is -0.783. The van der Waals surface area contributed by atoms with Gasteiger partial charge in [0.15, 0.2) is 0 Å². The van der Waals surface area contributed by atoms with Crippen LogP contribution >= 0.6 is 0 Å². The Labute approximate surface area is 125 Å². The zero-order valence-corrected chi connectivity index (χ0v) is 14.5. The van der Waals surface area contributed by atoms with E-state index in [1.165, 1.54) is 25.3 Å². The summed E-state index contributed by atoms with van der Waals surface area (Å²) in [6, 6.07) is 1.31. The van der Waals surface area contributed by atoms with E-state index in [9.17, 15) is 0 Å². The van der Waals surface area contributed by atoms with Gasteiger partial charge in [0.25, 0.3) is 0 Å². The third-order valence-corrected chi connectivity index (χ3v) is 6.17. The van der Waals surface area contributed by atoms with Gasteiger partial charge in [-0.25, -0.2) is 0 Å². The van der Waals surface area contributed by atoms with E-state index < -0.39 is 8.07 Å². The molecular weight excluding hydrogens is 260 g/mol.